The Balaban J connectivity index is 1.39. The molecule has 7 heteroatoms. The minimum Gasteiger partial charge on any atom is -0.339 e. The second-order valence-corrected chi connectivity index (χ2v) is 7.60. The van der Waals surface area contributed by atoms with Crippen LogP contribution in [0.15, 0.2) is 4.52 Å². The molecule has 1 saturated carbocycles. The fourth-order valence-electron chi connectivity index (χ4n) is 5.01. The number of piperazine rings is 1. The van der Waals surface area contributed by atoms with Gasteiger partial charge in [0.05, 0.1) is 5.54 Å². The van der Waals surface area contributed by atoms with Gasteiger partial charge in [0.2, 0.25) is 11.8 Å². The number of hydrogen-bond donors (Lipinski definition) is 1. The van der Waals surface area contributed by atoms with Gasteiger partial charge in [0, 0.05) is 38.0 Å². The molecule has 2 saturated heterocycles. The third-order valence-corrected chi connectivity index (χ3v) is 6.02. The third-order valence-electron chi connectivity index (χ3n) is 6.02. The topological polar surface area (TPSA) is 88.5 Å². The lowest BCUT2D eigenvalue weighted by atomic mass is 9.65. The molecule has 24 heavy (non-hydrogen) atoms. The number of aromatic nitrogens is 2. The van der Waals surface area contributed by atoms with Crippen LogP contribution in [0.1, 0.15) is 50.2 Å². The molecule has 132 valence electrons. The van der Waals surface area contributed by atoms with E-state index in [0.717, 1.165) is 32.4 Å². The van der Waals surface area contributed by atoms with Crippen molar-refractivity contribution in [2.75, 3.05) is 19.6 Å². The maximum Gasteiger partial charge on any atom is 0.226 e. The molecule has 1 amide bonds. The summed E-state index contributed by atoms with van der Waals surface area (Å²) in [5, 5.41) is 3.79. The first-order valence-electron chi connectivity index (χ1n) is 9.18. The Labute approximate surface area is 142 Å². The second kappa shape index (κ2) is 6.11. The number of carbonyl (C=O) groups is 1. The van der Waals surface area contributed by atoms with Gasteiger partial charge in [-0.1, -0.05) is 5.16 Å². The molecule has 4 rings (SSSR count). The van der Waals surface area contributed by atoms with Crippen molar-refractivity contribution in [2.24, 2.45) is 5.73 Å². The van der Waals surface area contributed by atoms with E-state index in [1.807, 2.05) is 6.92 Å². The van der Waals surface area contributed by atoms with E-state index in [1.54, 1.807) is 0 Å². The maximum atomic E-state index is 12.9. The number of rotatable bonds is 4. The Hall–Kier alpha value is -1.47. The molecule has 0 aromatic carbocycles. The number of hydrogen-bond acceptors (Lipinski definition) is 6. The Kier molecular flexibility index (Phi) is 4.08. The number of nitrogens with two attached hydrogens (primary N) is 1. The molecule has 1 aromatic heterocycles. The van der Waals surface area contributed by atoms with Gasteiger partial charge in [0.1, 0.15) is 0 Å². The summed E-state index contributed by atoms with van der Waals surface area (Å²) in [6, 6.07) is 0.774. The minimum atomic E-state index is 0.00628. The van der Waals surface area contributed by atoms with Crippen molar-refractivity contribution in [1.29, 1.82) is 0 Å². The van der Waals surface area contributed by atoms with Crippen LogP contribution in [-0.4, -0.2) is 63.1 Å². The molecule has 1 atom stereocenters. The van der Waals surface area contributed by atoms with Crippen molar-refractivity contribution in [3.63, 3.8) is 0 Å². The van der Waals surface area contributed by atoms with E-state index in [1.165, 1.54) is 19.4 Å². The first kappa shape index (κ1) is 16.0. The van der Waals surface area contributed by atoms with Crippen molar-refractivity contribution in [3.8, 4) is 0 Å². The fraction of sp³-hybridized carbons (Fsp3) is 0.824. The maximum absolute atomic E-state index is 12.9. The molecule has 1 aromatic rings. The Morgan fingerprint density at radius 3 is 2.92 bits per heavy atom. The Morgan fingerprint density at radius 2 is 2.21 bits per heavy atom. The molecule has 2 aliphatic heterocycles. The Bertz CT molecular complexity index is 610. The van der Waals surface area contributed by atoms with Crippen LogP contribution in [0.3, 0.4) is 0 Å². The average molecular weight is 333 g/mol. The molecule has 2 N–H and O–H groups in total. The van der Waals surface area contributed by atoms with E-state index in [-0.39, 0.29) is 17.5 Å². The number of aryl methyl sites for hydroxylation is 2. The van der Waals surface area contributed by atoms with Crippen LogP contribution >= 0.6 is 0 Å². The summed E-state index contributed by atoms with van der Waals surface area (Å²) in [4.78, 5) is 21.8. The van der Waals surface area contributed by atoms with Crippen molar-refractivity contribution in [1.82, 2.24) is 19.9 Å². The first-order valence-corrected chi connectivity index (χ1v) is 9.18. The highest BCUT2D eigenvalue weighted by Gasteiger charge is 2.58. The largest absolute Gasteiger partial charge is 0.339 e. The van der Waals surface area contributed by atoms with Crippen LogP contribution < -0.4 is 5.73 Å². The molecular formula is C17H27N5O2. The lowest BCUT2D eigenvalue weighted by Crippen LogP contribution is -2.74. The van der Waals surface area contributed by atoms with Crippen LogP contribution in [0, 0.1) is 6.92 Å². The molecule has 0 radical (unpaired) electrons. The van der Waals surface area contributed by atoms with Gasteiger partial charge in [0.15, 0.2) is 5.82 Å². The smallest absolute Gasteiger partial charge is 0.226 e. The number of carbonyl (C=O) groups excluding carboxylic acids is 1. The van der Waals surface area contributed by atoms with Crippen LogP contribution in [0.5, 0.6) is 0 Å². The van der Waals surface area contributed by atoms with E-state index in [9.17, 15) is 4.79 Å². The normalized spacial score (nSPS) is 32.8. The summed E-state index contributed by atoms with van der Waals surface area (Å²) in [5.41, 5.74) is 6.13. The zero-order valence-electron chi connectivity index (χ0n) is 14.4. The van der Waals surface area contributed by atoms with Crippen molar-refractivity contribution in [2.45, 2.75) is 69.5 Å². The van der Waals surface area contributed by atoms with Crippen LogP contribution in [-0.2, 0) is 11.2 Å². The molecule has 0 bridgehead atoms. The first-order chi connectivity index (χ1) is 11.6. The zero-order chi connectivity index (χ0) is 16.7. The SMILES string of the molecule is Cc1noc(CCCC(=O)N2CCN3CCCC3C23CC(N)C3)n1. The minimum absolute atomic E-state index is 0.00628. The summed E-state index contributed by atoms with van der Waals surface area (Å²) >= 11 is 0. The molecule has 1 spiro atoms. The van der Waals surface area contributed by atoms with Gasteiger partial charge >= 0.3 is 0 Å². The fourth-order valence-corrected chi connectivity index (χ4v) is 5.01. The summed E-state index contributed by atoms with van der Waals surface area (Å²) in [6.45, 7) is 4.85. The predicted octanol–water partition coefficient (Wildman–Crippen LogP) is 0.867. The lowest BCUT2D eigenvalue weighted by molar-refractivity contribution is -0.155. The highest BCUT2D eigenvalue weighted by Crippen LogP contribution is 2.47. The van der Waals surface area contributed by atoms with Gasteiger partial charge in [-0.3, -0.25) is 9.69 Å². The molecule has 3 heterocycles. The standard InChI is InChI=1S/C17H27N5O2/c1-12-19-15(24-20-12)5-2-6-16(23)22-9-8-21-7-3-4-14(21)17(22)10-13(18)11-17/h13-14H,2-11,18H2,1H3. The van der Waals surface area contributed by atoms with Gasteiger partial charge in [-0.05, 0) is 45.6 Å². The van der Waals surface area contributed by atoms with E-state index in [4.69, 9.17) is 10.3 Å². The highest BCUT2D eigenvalue weighted by atomic mass is 16.5. The van der Waals surface area contributed by atoms with Gasteiger partial charge in [0.25, 0.3) is 0 Å². The summed E-state index contributed by atoms with van der Waals surface area (Å²) in [6.07, 6.45) is 6.35. The number of amides is 1. The molecule has 7 nitrogen and oxygen atoms in total. The van der Waals surface area contributed by atoms with Gasteiger partial charge < -0.3 is 15.2 Å². The van der Waals surface area contributed by atoms with E-state index in [2.05, 4.69) is 19.9 Å². The van der Waals surface area contributed by atoms with E-state index < -0.39 is 0 Å². The number of nitrogens with zero attached hydrogens (tertiary/aromatic N) is 4. The molecule has 3 aliphatic rings. The van der Waals surface area contributed by atoms with Crippen molar-refractivity contribution in [3.05, 3.63) is 11.7 Å². The summed E-state index contributed by atoms with van der Waals surface area (Å²) in [5.74, 6) is 1.54. The van der Waals surface area contributed by atoms with Crippen LogP contribution in [0.25, 0.3) is 0 Å². The molecule has 1 aliphatic carbocycles. The molecular weight excluding hydrogens is 306 g/mol. The third kappa shape index (κ3) is 2.63. The number of fused-ring (bicyclic) bond motifs is 2. The molecule has 1 unspecified atom stereocenters. The summed E-state index contributed by atoms with van der Waals surface area (Å²) < 4.78 is 5.13. The second-order valence-electron chi connectivity index (χ2n) is 7.60. The average Bonchev–Trinajstić information content (AvgIpc) is 3.15. The van der Waals surface area contributed by atoms with E-state index in [0.29, 0.717) is 30.6 Å². The van der Waals surface area contributed by atoms with Crippen molar-refractivity contribution >= 4 is 5.91 Å². The van der Waals surface area contributed by atoms with Gasteiger partial charge in [-0.25, -0.2) is 0 Å². The Morgan fingerprint density at radius 1 is 1.38 bits per heavy atom. The highest BCUT2D eigenvalue weighted by molar-refractivity contribution is 5.77. The predicted molar refractivity (Wildman–Crippen MR) is 88.2 cm³/mol. The van der Waals surface area contributed by atoms with Crippen LogP contribution in [0.4, 0.5) is 0 Å². The van der Waals surface area contributed by atoms with Crippen molar-refractivity contribution < 1.29 is 9.32 Å². The van der Waals surface area contributed by atoms with Gasteiger partial charge in [-0.2, -0.15) is 4.98 Å². The quantitative estimate of drug-likeness (QED) is 0.879. The van der Waals surface area contributed by atoms with Gasteiger partial charge in [-0.15, -0.1) is 0 Å². The zero-order valence-corrected chi connectivity index (χ0v) is 14.4. The van der Waals surface area contributed by atoms with E-state index >= 15 is 0 Å². The molecule has 3 fully saturated rings. The summed E-state index contributed by atoms with van der Waals surface area (Å²) in [7, 11) is 0. The lowest BCUT2D eigenvalue weighted by Gasteiger charge is -2.61. The monoisotopic (exact) mass is 333 g/mol. The van der Waals surface area contributed by atoms with Crippen LogP contribution in [0.2, 0.25) is 0 Å².